The molecule has 0 aromatic heterocycles. The molecule has 0 amide bonds. The van der Waals surface area contributed by atoms with Crippen LogP contribution in [0.15, 0.2) is 72.8 Å². The van der Waals surface area contributed by atoms with Gasteiger partial charge in [0.15, 0.2) is 0 Å². The second-order valence-corrected chi connectivity index (χ2v) is 9.30. The standard InChI is InChI=1S/2C10H13NO3.C9H12N2O3/c11-6-8(10(13)14)5-7-1-3-9(12)4-2-7;11-8(6-10(13)14)5-7-1-3-9(12)4-2-7;10-11-8(9(13)14)5-6-1-3-7(12)4-2-6/h2*1-4,8,12H,5-6,11H2,(H,13,14);1-4,8,11-12H,5,10H2,(H,13,14)/t3*8-/m100/s1. The molecule has 0 saturated heterocycles. The number of carboxylic acids is 3. The fourth-order valence-corrected chi connectivity index (χ4v) is 3.50. The number of aliphatic carboxylic acids is 3. The van der Waals surface area contributed by atoms with Crippen LogP contribution in [0.1, 0.15) is 23.1 Å². The Hall–Kier alpha value is -4.69. The van der Waals surface area contributed by atoms with Gasteiger partial charge in [0.1, 0.15) is 23.3 Å². The Labute approximate surface area is 242 Å². The Morgan fingerprint density at radius 1 is 0.643 bits per heavy atom. The Morgan fingerprint density at radius 2 is 1.02 bits per heavy atom. The van der Waals surface area contributed by atoms with E-state index in [9.17, 15) is 14.4 Å². The van der Waals surface area contributed by atoms with Crippen LogP contribution in [0, 0.1) is 5.92 Å². The normalized spacial score (nSPS) is 12.4. The first-order chi connectivity index (χ1) is 19.8. The van der Waals surface area contributed by atoms with E-state index < -0.39 is 29.9 Å². The highest BCUT2D eigenvalue weighted by Gasteiger charge is 2.16. The zero-order valence-electron chi connectivity index (χ0n) is 22.8. The molecule has 42 heavy (non-hydrogen) atoms. The summed E-state index contributed by atoms with van der Waals surface area (Å²) in [5, 5.41) is 53.0. The summed E-state index contributed by atoms with van der Waals surface area (Å²) in [6.45, 7) is 0.121. The number of rotatable bonds is 12. The third-order valence-corrected chi connectivity index (χ3v) is 5.80. The molecule has 3 aromatic carbocycles. The lowest BCUT2D eigenvalue weighted by Crippen LogP contribution is -2.42. The second kappa shape index (κ2) is 18.6. The van der Waals surface area contributed by atoms with Crippen molar-refractivity contribution in [2.24, 2.45) is 23.2 Å². The molecule has 0 aliphatic heterocycles. The summed E-state index contributed by atoms with van der Waals surface area (Å²) < 4.78 is 0. The predicted octanol–water partition coefficient (Wildman–Crippen LogP) is 1.18. The van der Waals surface area contributed by atoms with Gasteiger partial charge >= 0.3 is 17.9 Å². The van der Waals surface area contributed by atoms with Crippen LogP contribution in [0.2, 0.25) is 0 Å². The molecule has 13 nitrogen and oxygen atoms in total. The number of nitrogens with one attached hydrogen (secondary N) is 1. The molecule has 0 aliphatic rings. The highest BCUT2D eigenvalue weighted by Crippen LogP contribution is 2.14. The molecule has 0 unspecified atom stereocenters. The van der Waals surface area contributed by atoms with Gasteiger partial charge < -0.3 is 42.1 Å². The van der Waals surface area contributed by atoms with E-state index in [0.717, 1.165) is 16.7 Å². The lowest BCUT2D eigenvalue weighted by molar-refractivity contribution is -0.141. The first-order valence-corrected chi connectivity index (χ1v) is 12.8. The number of benzene rings is 3. The van der Waals surface area contributed by atoms with Crippen molar-refractivity contribution in [3.63, 3.8) is 0 Å². The van der Waals surface area contributed by atoms with Crippen molar-refractivity contribution in [3.05, 3.63) is 89.5 Å². The number of phenolic OH excluding ortho intramolecular Hbond substituents is 3. The molecule has 3 rings (SSSR count). The number of nitrogens with two attached hydrogens (primary N) is 3. The number of aromatic hydroxyl groups is 3. The van der Waals surface area contributed by atoms with Crippen molar-refractivity contribution < 1.29 is 45.0 Å². The van der Waals surface area contributed by atoms with Crippen molar-refractivity contribution in [2.75, 3.05) is 6.54 Å². The van der Waals surface area contributed by atoms with Crippen LogP contribution in [0.25, 0.3) is 0 Å². The van der Waals surface area contributed by atoms with Crippen molar-refractivity contribution in [1.29, 1.82) is 0 Å². The Morgan fingerprint density at radius 3 is 1.33 bits per heavy atom. The van der Waals surface area contributed by atoms with Crippen molar-refractivity contribution in [1.82, 2.24) is 5.43 Å². The van der Waals surface area contributed by atoms with Crippen LogP contribution in [0.4, 0.5) is 0 Å². The average Bonchev–Trinajstić information content (AvgIpc) is 2.93. The lowest BCUT2D eigenvalue weighted by atomic mass is 10.00. The van der Waals surface area contributed by atoms with Crippen LogP contribution in [0.3, 0.4) is 0 Å². The average molecular weight is 587 g/mol. The predicted molar refractivity (Wildman–Crippen MR) is 155 cm³/mol. The number of hydrogen-bond acceptors (Lipinski definition) is 10. The summed E-state index contributed by atoms with van der Waals surface area (Å²) >= 11 is 0. The van der Waals surface area contributed by atoms with E-state index in [2.05, 4.69) is 5.43 Å². The number of carboxylic acid groups (broad SMARTS) is 3. The van der Waals surface area contributed by atoms with Gasteiger partial charge in [0.2, 0.25) is 0 Å². The van der Waals surface area contributed by atoms with Gasteiger partial charge in [-0.3, -0.25) is 20.2 Å². The molecule has 0 spiro atoms. The summed E-state index contributed by atoms with van der Waals surface area (Å²) in [5.74, 6) is 2.26. The number of hydrazine groups is 1. The van der Waals surface area contributed by atoms with Gasteiger partial charge in [-0.1, -0.05) is 36.4 Å². The highest BCUT2D eigenvalue weighted by molar-refractivity contribution is 5.73. The van der Waals surface area contributed by atoms with Crippen LogP contribution < -0.4 is 22.7 Å². The molecule has 13 N–H and O–H groups in total. The van der Waals surface area contributed by atoms with Crippen LogP contribution in [0.5, 0.6) is 17.2 Å². The maximum atomic E-state index is 10.7. The second-order valence-electron chi connectivity index (χ2n) is 9.30. The van der Waals surface area contributed by atoms with Gasteiger partial charge in [0, 0.05) is 12.6 Å². The third kappa shape index (κ3) is 14.6. The molecule has 0 radical (unpaired) electrons. The fourth-order valence-electron chi connectivity index (χ4n) is 3.50. The van der Waals surface area contributed by atoms with Gasteiger partial charge in [-0.25, -0.2) is 5.43 Å². The van der Waals surface area contributed by atoms with Crippen LogP contribution >= 0.6 is 0 Å². The smallest absolute Gasteiger partial charge is 0.322 e. The van der Waals surface area contributed by atoms with E-state index in [0.29, 0.717) is 12.8 Å². The Balaban J connectivity index is 0.000000315. The topological polar surface area (TPSA) is 263 Å². The van der Waals surface area contributed by atoms with Crippen LogP contribution in [-0.4, -0.2) is 67.2 Å². The SMILES string of the molecule is NC[C@@H](Cc1ccc(O)cc1)C(=O)O.NN[C@@H](Cc1ccc(O)cc1)C(=O)O.N[C@H](CC(=O)O)Cc1ccc(O)cc1. The van der Waals surface area contributed by atoms with Gasteiger partial charge in [0.05, 0.1) is 12.3 Å². The van der Waals surface area contributed by atoms with E-state index in [1.807, 2.05) is 0 Å². The molecule has 228 valence electrons. The summed E-state index contributed by atoms with van der Waals surface area (Å²) in [4.78, 5) is 31.6. The van der Waals surface area contributed by atoms with Crippen molar-refractivity contribution in [3.8, 4) is 17.2 Å². The van der Waals surface area contributed by atoms with Crippen LogP contribution in [-0.2, 0) is 33.6 Å². The first kappa shape index (κ1) is 35.3. The molecule has 0 saturated carbocycles. The van der Waals surface area contributed by atoms with Gasteiger partial charge in [-0.05, 0) is 72.4 Å². The fraction of sp³-hybridized carbons (Fsp3) is 0.276. The minimum atomic E-state index is -0.999. The molecule has 13 heteroatoms. The van der Waals surface area contributed by atoms with Crippen molar-refractivity contribution >= 4 is 17.9 Å². The maximum absolute atomic E-state index is 10.7. The third-order valence-electron chi connectivity index (χ3n) is 5.80. The summed E-state index contributed by atoms with van der Waals surface area (Å²) in [6, 6.07) is 18.2. The summed E-state index contributed by atoms with van der Waals surface area (Å²) in [7, 11) is 0. The van der Waals surface area contributed by atoms with E-state index in [4.69, 9.17) is 47.9 Å². The molecule has 3 aromatic rings. The minimum absolute atomic E-state index is 0.0408. The van der Waals surface area contributed by atoms with E-state index >= 15 is 0 Å². The molecule has 0 bridgehead atoms. The molecular weight excluding hydrogens is 548 g/mol. The number of phenols is 3. The zero-order chi connectivity index (χ0) is 31.7. The van der Waals surface area contributed by atoms with E-state index in [1.54, 1.807) is 48.5 Å². The Kier molecular flexibility index (Phi) is 15.7. The number of carbonyl (C=O) groups is 3. The minimum Gasteiger partial charge on any atom is -0.508 e. The molecule has 0 aliphatic carbocycles. The Bertz CT molecular complexity index is 1170. The van der Waals surface area contributed by atoms with Gasteiger partial charge in [-0.2, -0.15) is 0 Å². The summed E-state index contributed by atoms with van der Waals surface area (Å²) in [6.07, 6.45) is 1.14. The van der Waals surface area contributed by atoms with E-state index in [-0.39, 0.29) is 42.7 Å². The maximum Gasteiger partial charge on any atom is 0.322 e. The summed E-state index contributed by atoms with van der Waals surface area (Å²) in [5.41, 5.74) is 15.7. The molecule has 0 fully saturated rings. The first-order valence-electron chi connectivity index (χ1n) is 12.8. The van der Waals surface area contributed by atoms with Gasteiger partial charge in [-0.15, -0.1) is 0 Å². The monoisotopic (exact) mass is 586 g/mol. The van der Waals surface area contributed by atoms with E-state index in [1.165, 1.54) is 24.3 Å². The molecule has 3 atom stereocenters. The lowest BCUT2D eigenvalue weighted by Gasteiger charge is -2.10. The number of hydrogen-bond donors (Lipinski definition) is 10. The molecular formula is C29H38N4O9. The quantitative estimate of drug-likeness (QED) is 0.106. The highest BCUT2D eigenvalue weighted by atomic mass is 16.4. The van der Waals surface area contributed by atoms with Gasteiger partial charge in [0.25, 0.3) is 0 Å². The van der Waals surface area contributed by atoms with Crippen molar-refractivity contribution in [2.45, 2.75) is 37.8 Å². The molecule has 0 heterocycles. The largest absolute Gasteiger partial charge is 0.508 e. The zero-order valence-corrected chi connectivity index (χ0v) is 22.8.